The number of fused-ring (bicyclic) bond motifs is 1. The van der Waals surface area contributed by atoms with E-state index < -0.39 is 6.04 Å². The molecule has 4 N–H and O–H groups in total. The standard InChI is InChI=1S/C24H33N7O3/c1-3-18-13-27-31-22(26-12-17-7-6-10-30(33)14-17)11-21(29-23(18)31)28-20-9-5-4-8-19(20)15-34-24(32)16(2)25/h6-7,10-11,13-14,16,19-20,26H,3-5,8-9,12,15,25H2,1-2H3,(H,28,29)/t16-,19+,20+/m1/s1. The Morgan fingerprint density at radius 3 is 3.00 bits per heavy atom. The molecule has 0 radical (unpaired) electrons. The summed E-state index contributed by atoms with van der Waals surface area (Å²) in [4.78, 5) is 16.7. The SMILES string of the molecule is CCc1cnn2c(NCc3ccc[n+]([O-])c3)cc(N[C@H]3CCCC[C@H]3COC(=O)[C@@H](C)N)nc12. The molecular weight excluding hydrogens is 434 g/mol. The largest absolute Gasteiger partial charge is 0.619 e. The van der Waals surface area contributed by atoms with Gasteiger partial charge in [0.1, 0.15) is 17.7 Å². The second-order valence-electron chi connectivity index (χ2n) is 8.93. The van der Waals surface area contributed by atoms with E-state index in [1.165, 1.54) is 6.20 Å². The Bertz CT molecular complexity index is 1130. The van der Waals surface area contributed by atoms with Crippen molar-refractivity contribution in [3.8, 4) is 0 Å². The van der Waals surface area contributed by atoms with Crippen LogP contribution in [0.15, 0.2) is 36.8 Å². The lowest BCUT2D eigenvalue weighted by Crippen LogP contribution is -2.38. The van der Waals surface area contributed by atoms with Gasteiger partial charge in [0.2, 0.25) is 0 Å². The molecule has 1 saturated carbocycles. The fourth-order valence-electron chi connectivity index (χ4n) is 4.36. The Kier molecular flexibility index (Phi) is 7.46. The molecule has 1 fully saturated rings. The average Bonchev–Trinajstić information content (AvgIpc) is 3.25. The molecule has 3 aromatic heterocycles. The van der Waals surface area contributed by atoms with Crippen molar-refractivity contribution in [3.63, 3.8) is 0 Å². The smallest absolute Gasteiger partial charge is 0.322 e. The zero-order valence-electron chi connectivity index (χ0n) is 19.7. The number of nitrogens with one attached hydrogen (secondary N) is 2. The fourth-order valence-corrected chi connectivity index (χ4v) is 4.36. The van der Waals surface area contributed by atoms with Gasteiger partial charge in [0.05, 0.1) is 12.8 Å². The number of aromatic nitrogens is 4. The quantitative estimate of drug-likeness (QED) is 0.248. The van der Waals surface area contributed by atoms with Crippen molar-refractivity contribution in [2.45, 2.75) is 64.6 Å². The van der Waals surface area contributed by atoms with E-state index in [0.29, 0.717) is 13.2 Å². The minimum absolute atomic E-state index is 0.138. The van der Waals surface area contributed by atoms with Crippen molar-refractivity contribution in [3.05, 3.63) is 53.1 Å². The summed E-state index contributed by atoms with van der Waals surface area (Å²) >= 11 is 0. The molecule has 3 heterocycles. The molecule has 0 unspecified atom stereocenters. The minimum atomic E-state index is -0.622. The van der Waals surface area contributed by atoms with Gasteiger partial charge in [-0.1, -0.05) is 19.8 Å². The number of carbonyl (C=O) groups excluding carboxylic acids is 1. The van der Waals surface area contributed by atoms with Crippen LogP contribution in [0, 0.1) is 11.1 Å². The molecule has 1 aliphatic carbocycles. The summed E-state index contributed by atoms with van der Waals surface area (Å²) in [7, 11) is 0. The van der Waals surface area contributed by atoms with Crippen molar-refractivity contribution in [2.24, 2.45) is 11.7 Å². The molecule has 10 heteroatoms. The lowest BCUT2D eigenvalue weighted by Gasteiger charge is -2.32. The average molecular weight is 468 g/mol. The number of hydrogen-bond donors (Lipinski definition) is 3. The third-order valence-corrected chi connectivity index (χ3v) is 6.29. The maximum atomic E-state index is 11.9. The van der Waals surface area contributed by atoms with Crippen LogP contribution < -0.4 is 21.1 Å². The first kappa shape index (κ1) is 23.7. The van der Waals surface area contributed by atoms with Gasteiger partial charge in [-0.2, -0.15) is 14.3 Å². The normalized spacial score (nSPS) is 19.0. The van der Waals surface area contributed by atoms with Crippen LogP contribution >= 0.6 is 0 Å². The van der Waals surface area contributed by atoms with Crippen molar-refractivity contribution in [1.82, 2.24) is 14.6 Å². The van der Waals surface area contributed by atoms with Gasteiger partial charge in [-0.25, -0.2) is 4.98 Å². The van der Waals surface area contributed by atoms with Gasteiger partial charge >= 0.3 is 5.97 Å². The number of pyridine rings is 1. The molecule has 10 nitrogen and oxygen atoms in total. The number of rotatable bonds is 9. The first-order valence-corrected chi connectivity index (χ1v) is 11.9. The highest BCUT2D eigenvalue weighted by Crippen LogP contribution is 2.29. The lowest BCUT2D eigenvalue weighted by molar-refractivity contribution is -0.605. The van der Waals surface area contributed by atoms with Crippen LogP contribution in [0.25, 0.3) is 5.65 Å². The second-order valence-corrected chi connectivity index (χ2v) is 8.93. The molecule has 0 aliphatic heterocycles. The maximum absolute atomic E-state index is 11.9. The van der Waals surface area contributed by atoms with E-state index in [2.05, 4.69) is 22.7 Å². The van der Waals surface area contributed by atoms with Crippen LogP contribution in [0.3, 0.4) is 0 Å². The summed E-state index contributed by atoms with van der Waals surface area (Å²) < 4.78 is 8.03. The van der Waals surface area contributed by atoms with E-state index in [9.17, 15) is 10.0 Å². The predicted molar refractivity (Wildman–Crippen MR) is 129 cm³/mol. The minimum Gasteiger partial charge on any atom is -0.619 e. The van der Waals surface area contributed by atoms with Crippen molar-refractivity contribution in [2.75, 3.05) is 17.2 Å². The summed E-state index contributed by atoms with van der Waals surface area (Å²) in [5.74, 6) is 1.34. The highest BCUT2D eigenvalue weighted by atomic mass is 16.5. The summed E-state index contributed by atoms with van der Waals surface area (Å²) in [6, 6.07) is 5.08. The number of carbonyl (C=O) groups is 1. The number of aryl methyl sites for hydroxylation is 1. The molecule has 3 atom stereocenters. The monoisotopic (exact) mass is 467 g/mol. The lowest BCUT2D eigenvalue weighted by atomic mass is 9.85. The summed E-state index contributed by atoms with van der Waals surface area (Å²) in [6.07, 6.45) is 9.83. The van der Waals surface area contributed by atoms with Gasteiger partial charge in [-0.15, -0.1) is 0 Å². The van der Waals surface area contributed by atoms with E-state index in [1.54, 1.807) is 23.7 Å². The zero-order chi connectivity index (χ0) is 24.1. The molecule has 3 aromatic rings. The van der Waals surface area contributed by atoms with Crippen LogP contribution in [-0.4, -0.2) is 39.3 Å². The molecule has 0 spiro atoms. The van der Waals surface area contributed by atoms with Gasteiger partial charge in [-0.05, 0) is 32.3 Å². The van der Waals surface area contributed by atoms with E-state index in [0.717, 1.165) is 65.2 Å². The van der Waals surface area contributed by atoms with Gasteiger partial charge in [0.25, 0.3) is 0 Å². The number of anilines is 2. The van der Waals surface area contributed by atoms with E-state index in [1.807, 2.05) is 18.3 Å². The molecule has 0 bridgehead atoms. The Morgan fingerprint density at radius 1 is 1.41 bits per heavy atom. The number of nitrogens with zero attached hydrogens (tertiary/aromatic N) is 4. The molecule has 0 aromatic carbocycles. The predicted octanol–water partition coefficient (Wildman–Crippen LogP) is 2.40. The first-order valence-electron chi connectivity index (χ1n) is 11.9. The van der Waals surface area contributed by atoms with Gasteiger partial charge < -0.3 is 26.3 Å². The Morgan fingerprint density at radius 2 is 2.24 bits per heavy atom. The van der Waals surface area contributed by atoms with Crippen molar-refractivity contribution >= 4 is 23.3 Å². The first-order chi connectivity index (χ1) is 16.4. The van der Waals surface area contributed by atoms with Crippen LogP contribution in [0.1, 0.15) is 50.7 Å². The summed E-state index contributed by atoms with van der Waals surface area (Å²) in [5.41, 5.74) is 8.35. The zero-order valence-corrected chi connectivity index (χ0v) is 19.7. The Hall–Kier alpha value is -3.40. The van der Waals surface area contributed by atoms with Gasteiger partial charge in [0.15, 0.2) is 18.0 Å². The summed E-state index contributed by atoms with van der Waals surface area (Å²) in [5, 5.41) is 23.1. The fraction of sp³-hybridized carbons (Fsp3) is 0.500. The molecule has 34 heavy (non-hydrogen) atoms. The van der Waals surface area contributed by atoms with Crippen LogP contribution in [-0.2, 0) is 22.5 Å². The number of esters is 1. The maximum Gasteiger partial charge on any atom is 0.322 e. The number of nitrogens with two attached hydrogens (primary N) is 1. The van der Waals surface area contributed by atoms with Gasteiger partial charge in [0, 0.05) is 41.8 Å². The topological polar surface area (TPSA) is 134 Å². The highest BCUT2D eigenvalue weighted by molar-refractivity contribution is 5.74. The summed E-state index contributed by atoms with van der Waals surface area (Å²) in [6.45, 7) is 4.53. The van der Waals surface area contributed by atoms with E-state index in [4.69, 9.17) is 15.5 Å². The molecular formula is C24H33N7O3. The number of ether oxygens (including phenoxy) is 1. The number of hydrogen-bond acceptors (Lipinski definition) is 8. The third kappa shape index (κ3) is 5.56. The Labute approximate surface area is 199 Å². The van der Waals surface area contributed by atoms with Crippen molar-refractivity contribution < 1.29 is 14.3 Å². The van der Waals surface area contributed by atoms with Gasteiger partial charge in [-0.3, -0.25) is 4.79 Å². The van der Waals surface area contributed by atoms with Crippen LogP contribution in [0.5, 0.6) is 0 Å². The Balaban J connectivity index is 1.55. The van der Waals surface area contributed by atoms with Crippen LogP contribution in [0.2, 0.25) is 0 Å². The van der Waals surface area contributed by atoms with E-state index in [-0.39, 0.29) is 17.9 Å². The highest BCUT2D eigenvalue weighted by Gasteiger charge is 2.27. The van der Waals surface area contributed by atoms with Crippen LogP contribution in [0.4, 0.5) is 11.6 Å². The van der Waals surface area contributed by atoms with Crippen molar-refractivity contribution in [1.29, 1.82) is 0 Å². The molecule has 1 aliphatic rings. The molecule has 182 valence electrons. The second kappa shape index (κ2) is 10.7. The third-order valence-electron chi connectivity index (χ3n) is 6.29. The molecule has 0 saturated heterocycles. The molecule has 0 amide bonds. The molecule has 4 rings (SSSR count). The van der Waals surface area contributed by atoms with E-state index >= 15 is 0 Å².